The predicted molar refractivity (Wildman–Crippen MR) is 243 cm³/mol. The number of rotatable bonds is 40. The van der Waals surface area contributed by atoms with Crippen LogP contribution >= 0.6 is 7.82 Å². The first-order valence-electron chi connectivity index (χ1n) is 24.2. The van der Waals surface area contributed by atoms with Crippen molar-refractivity contribution in [1.82, 2.24) is 0 Å². The number of hydrogen-bond acceptors (Lipinski definition) is 12. The first-order chi connectivity index (χ1) is 29.6. The van der Waals surface area contributed by atoms with E-state index in [0.29, 0.717) is 36.7 Å². The number of quaternary nitrogens is 1. The van der Waals surface area contributed by atoms with Crippen molar-refractivity contribution in [2.45, 2.75) is 205 Å². The summed E-state index contributed by atoms with van der Waals surface area (Å²) >= 11 is 0. The Balaban J connectivity index is 2.48. The minimum absolute atomic E-state index is 0.00891. The summed E-state index contributed by atoms with van der Waals surface area (Å²) in [4.78, 5) is 50.7. The van der Waals surface area contributed by atoms with E-state index in [9.17, 15) is 39.2 Å². The van der Waals surface area contributed by atoms with E-state index in [1.165, 1.54) is 57.8 Å². The summed E-state index contributed by atoms with van der Waals surface area (Å²) in [5.41, 5.74) is 0. The average molecular weight is 902 g/mol. The second-order valence-electron chi connectivity index (χ2n) is 18.4. The van der Waals surface area contributed by atoms with Crippen molar-refractivity contribution in [3.05, 3.63) is 24.3 Å². The molecule has 362 valence electrons. The first kappa shape index (κ1) is 58.1. The summed E-state index contributed by atoms with van der Waals surface area (Å²) in [5, 5.41) is 31.4. The van der Waals surface area contributed by atoms with Crippen molar-refractivity contribution in [3.63, 3.8) is 0 Å². The van der Waals surface area contributed by atoms with Gasteiger partial charge in [-0.25, -0.2) is 0 Å². The molecule has 1 saturated carbocycles. The number of carbonyl (C=O) groups excluding carboxylic acids is 3. The molecule has 1 unspecified atom stereocenters. The Morgan fingerprint density at radius 2 is 1.27 bits per heavy atom. The van der Waals surface area contributed by atoms with Crippen LogP contribution in [0.15, 0.2) is 24.3 Å². The number of carbonyl (C=O) groups is 3. The molecule has 3 N–H and O–H groups in total. The fourth-order valence-electron chi connectivity index (χ4n) is 7.53. The number of likely N-dealkylation sites (N-methyl/N-ethyl adjacent to an activating group) is 1. The van der Waals surface area contributed by atoms with Crippen LogP contribution < -0.4 is 4.89 Å². The van der Waals surface area contributed by atoms with Crippen molar-refractivity contribution in [2.75, 3.05) is 47.5 Å². The zero-order valence-electron chi connectivity index (χ0n) is 39.4. The zero-order valence-corrected chi connectivity index (χ0v) is 40.3. The zero-order chi connectivity index (χ0) is 46.1. The van der Waals surface area contributed by atoms with E-state index in [1.807, 2.05) is 21.1 Å². The molecule has 0 heterocycles. The smallest absolute Gasteiger partial charge is 0.306 e. The number of esters is 2. The molecular weight excluding hydrogens is 813 g/mol. The monoisotopic (exact) mass is 902 g/mol. The van der Waals surface area contributed by atoms with E-state index < -0.39 is 69.2 Å². The molecule has 1 aliphatic rings. The van der Waals surface area contributed by atoms with Gasteiger partial charge in [-0.3, -0.25) is 18.9 Å². The number of aliphatic hydroxyl groups is 3. The summed E-state index contributed by atoms with van der Waals surface area (Å²) in [5.74, 6) is -2.11. The van der Waals surface area contributed by atoms with Crippen molar-refractivity contribution in [1.29, 1.82) is 0 Å². The lowest BCUT2D eigenvalue weighted by molar-refractivity contribution is -0.870. The third-order valence-electron chi connectivity index (χ3n) is 11.4. The van der Waals surface area contributed by atoms with Crippen LogP contribution in [0.1, 0.15) is 181 Å². The minimum Gasteiger partial charge on any atom is -0.756 e. The molecule has 0 bridgehead atoms. The van der Waals surface area contributed by atoms with Gasteiger partial charge in [0.25, 0.3) is 7.82 Å². The van der Waals surface area contributed by atoms with Crippen molar-refractivity contribution in [2.24, 2.45) is 11.8 Å². The van der Waals surface area contributed by atoms with E-state index in [0.717, 1.165) is 51.4 Å². The molecule has 1 aliphatic carbocycles. The van der Waals surface area contributed by atoms with Crippen LogP contribution in [0.25, 0.3) is 0 Å². The molecule has 0 aromatic carbocycles. The van der Waals surface area contributed by atoms with Gasteiger partial charge in [0, 0.05) is 43.9 Å². The highest BCUT2D eigenvalue weighted by atomic mass is 31.2. The Morgan fingerprint density at radius 3 is 1.90 bits per heavy atom. The molecule has 0 aromatic heterocycles. The maximum absolute atomic E-state index is 12.9. The van der Waals surface area contributed by atoms with Crippen LogP contribution in [0.4, 0.5) is 0 Å². The number of phosphoric acid groups is 1. The lowest BCUT2D eigenvalue weighted by atomic mass is 9.87. The predicted octanol–water partition coefficient (Wildman–Crippen LogP) is 8.84. The third kappa shape index (κ3) is 31.8. The van der Waals surface area contributed by atoms with Gasteiger partial charge in [-0.05, 0) is 51.4 Å². The van der Waals surface area contributed by atoms with Gasteiger partial charge in [-0.2, -0.15) is 0 Å². The molecule has 0 saturated heterocycles. The number of hydrogen-bond donors (Lipinski definition) is 3. The summed E-state index contributed by atoms with van der Waals surface area (Å²) in [7, 11) is 0.963. The van der Waals surface area contributed by atoms with Gasteiger partial charge in [0.1, 0.15) is 25.5 Å². The van der Waals surface area contributed by atoms with E-state index >= 15 is 0 Å². The molecular formula is C48H88NO12P. The van der Waals surface area contributed by atoms with Gasteiger partial charge in [0.2, 0.25) is 0 Å². The van der Waals surface area contributed by atoms with E-state index in [4.69, 9.17) is 18.5 Å². The summed E-state index contributed by atoms with van der Waals surface area (Å²) in [6.07, 6.45) is 26.9. The van der Waals surface area contributed by atoms with Crippen LogP contribution in [0.2, 0.25) is 0 Å². The van der Waals surface area contributed by atoms with Crippen LogP contribution in [0, 0.1) is 11.8 Å². The fourth-order valence-corrected chi connectivity index (χ4v) is 8.26. The average Bonchev–Trinajstić information content (AvgIpc) is 3.47. The van der Waals surface area contributed by atoms with E-state index in [-0.39, 0.29) is 44.5 Å². The van der Waals surface area contributed by atoms with Crippen LogP contribution in [0.5, 0.6) is 0 Å². The number of phosphoric ester groups is 1. The molecule has 0 amide bonds. The maximum Gasteiger partial charge on any atom is 0.306 e. The number of allylic oxidation sites excluding steroid dienone is 2. The van der Waals surface area contributed by atoms with Gasteiger partial charge in [-0.1, -0.05) is 122 Å². The number of ether oxygens (including phenoxy) is 2. The summed E-state index contributed by atoms with van der Waals surface area (Å²) in [6, 6.07) is 0. The molecule has 7 atom stereocenters. The SMILES string of the molecule is CCCCCCCC/C=C\CCCCCCCCCC(=O)O[C@H](COC(=O)CCCCC(=O)C[C@@H]1[C@@H](/C=C/[C@@H](O)CCCCC)[C@H](O)C[C@@H]1O)COP(=O)([O-])OCC[N+](C)(C)C. The molecule has 0 spiro atoms. The summed E-state index contributed by atoms with van der Waals surface area (Å²) < 4.78 is 33.8. The third-order valence-corrected chi connectivity index (χ3v) is 12.4. The number of ketones is 1. The molecule has 13 nitrogen and oxygen atoms in total. The van der Waals surface area contributed by atoms with Crippen molar-refractivity contribution in [3.8, 4) is 0 Å². The van der Waals surface area contributed by atoms with Crippen molar-refractivity contribution >= 4 is 25.5 Å². The Kier molecular flexibility index (Phi) is 33.1. The quantitative estimate of drug-likeness (QED) is 0.0175. The molecule has 0 aliphatic heterocycles. The maximum atomic E-state index is 12.9. The van der Waals surface area contributed by atoms with Gasteiger partial charge >= 0.3 is 11.9 Å². The molecule has 0 radical (unpaired) electrons. The standard InChI is InChI=1S/C48H88NO12P/c1-6-8-10-11-12-13-14-15-16-17-18-19-20-21-22-23-25-31-48(55)61-42(39-60-62(56,57)59-35-34-49(3,4)5)38-58-47(54)30-27-26-29-41(51)36-44-43(45(52)37-46(44)53)33-32-40(50)28-24-9-7-2/h15-16,32-33,40,42-46,50,52-53H,6-14,17-31,34-39H2,1-5H3/b16-15-,33-32+/t40-,42+,43+,44+,45+,46-/m0/s1. The van der Waals surface area contributed by atoms with Gasteiger partial charge in [0.05, 0.1) is 46.1 Å². The van der Waals surface area contributed by atoms with Crippen LogP contribution in [0.3, 0.4) is 0 Å². The lowest BCUT2D eigenvalue weighted by Crippen LogP contribution is -2.37. The topological polar surface area (TPSA) is 189 Å². The first-order valence-corrected chi connectivity index (χ1v) is 25.7. The molecule has 62 heavy (non-hydrogen) atoms. The van der Waals surface area contributed by atoms with Gasteiger partial charge in [-0.15, -0.1) is 0 Å². The number of aliphatic hydroxyl groups excluding tert-OH is 3. The second kappa shape index (κ2) is 35.3. The Morgan fingerprint density at radius 1 is 0.726 bits per heavy atom. The highest BCUT2D eigenvalue weighted by molar-refractivity contribution is 7.45. The normalized spacial score (nSPS) is 20.1. The minimum atomic E-state index is -4.72. The van der Waals surface area contributed by atoms with Crippen LogP contribution in [-0.2, 0) is 37.5 Å². The Hall–Kier alpha value is -1.96. The van der Waals surface area contributed by atoms with Gasteiger partial charge < -0.3 is 43.2 Å². The lowest BCUT2D eigenvalue weighted by Gasteiger charge is -2.28. The van der Waals surface area contributed by atoms with Crippen molar-refractivity contribution < 1.29 is 62.2 Å². The highest BCUT2D eigenvalue weighted by Gasteiger charge is 2.41. The fraction of sp³-hybridized carbons (Fsp3) is 0.854. The van der Waals surface area contributed by atoms with Gasteiger partial charge in [0.15, 0.2) is 6.10 Å². The molecule has 1 fully saturated rings. The number of unbranched alkanes of at least 4 members (excludes halogenated alkanes) is 16. The summed E-state index contributed by atoms with van der Waals surface area (Å²) in [6.45, 7) is 3.69. The Bertz CT molecular complexity index is 1290. The Labute approximate surface area is 375 Å². The van der Waals surface area contributed by atoms with E-state index in [1.54, 1.807) is 12.2 Å². The highest BCUT2D eigenvalue weighted by Crippen LogP contribution is 2.39. The molecule has 0 aromatic rings. The number of Topliss-reactive ketones (excluding diaryl/α,β-unsaturated/α-hetero) is 1. The number of nitrogens with zero attached hydrogens (tertiary/aromatic N) is 1. The van der Waals surface area contributed by atoms with Crippen LogP contribution in [-0.4, -0.2) is 109 Å². The largest absolute Gasteiger partial charge is 0.756 e. The molecule has 14 heteroatoms. The molecule has 1 rings (SSSR count). The second-order valence-corrected chi connectivity index (χ2v) is 19.8. The van der Waals surface area contributed by atoms with E-state index in [2.05, 4.69) is 26.0 Å².